The molecule has 0 aliphatic rings. The van der Waals surface area contributed by atoms with Crippen molar-refractivity contribution in [3.8, 4) is 22.3 Å². The Labute approximate surface area is 195 Å². The highest BCUT2D eigenvalue weighted by atomic mass is 19.2. The summed E-state index contributed by atoms with van der Waals surface area (Å²) in [6, 6.07) is 13.6. The van der Waals surface area contributed by atoms with Crippen LogP contribution in [0.3, 0.4) is 0 Å². The van der Waals surface area contributed by atoms with Crippen LogP contribution in [0.5, 0.6) is 0 Å². The third-order valence-electron chi connectivity index (χ3n) is 6.13. The second kappa shape index (κ2) is 8.12. The third kappa shape index (κ3) is 3.37. The summed E-state index contributed by atoms with van der Waals surface area (Å²) in [5, 5.41) is -3.00. The molecule has 0 amide bonds. The molecular weight excluding hydrogens is 469 g/mol. The minimum absolute atomic E-state index is 0.0125. The topological polar surface area (TPSA) is 0 Å². The summed E-state index contributed by atoms with van der Waals surface area (Å²) in [4.78, 5) is 0. The van der Waals surface area contributed by atoms with Crippen LogP contribution in [0, 0.1) is 54.6 Å². The van der Waals surface area contributed by atoms with Crippen LogP contribution >= 0.6 is 0 Å². The van der Waals surface area contributed by atoms with Gasteiger partial charge in [0.2, 0.25) is 0 Å². The van der Waals surface area contributed by atoms with Crippen LogP contribution in [-0.2, 0) is 0 Å². The quantitative estimate of drug-likeness (QED) is 0.102. The summed E-state index contributed by atoms with van der Waals surface area (Å²) in [7, 11) is 0. The first-order valence-corrected chi connectivity index (χ1v) is 10.5. The van der Waals surface area contributed by atoms with E-state index in [2.05, 4.69) is 0 Å². The summed E-state index contributed by atoms with van der Waals surface area (Å²) in [5.74, 6) is -13.3. The molecule has 0 spiro atoms. The van der Waals surface area contributed by atoms with Gasteiger partial charge in [-0.2, -0.15) is 0 Å². The maximum atomic E-state index is 15.4. The normalized spacial score (nSPS) is 11.6. The highest BCUT2D eigenvalue weighted by Gasteiger charge is 2.30. The monoisotopic (exact) mass is 484 g/mol. The molecule has 0 N–H and O–H groups in total. The minimum Gasteiger partial charge on any atom is -0.204 e. The lowest BCUT2D eigenvalue weighted by molar-refractivity contribution is 0.418. The van der Waals surface area contributed by atoms with E-state index in [1.54, 1.807) is 62.4 Å². The molecule has 176 valence electrons. The number of hydrogen-bond acceptors (Lipinski definition) is 0. The Kier molecular flexibility index (Phi) is 5.31. The Morgan fingerprint density at radius 2 is 0.857 bits per heavy atom. The van der Waals surface area contributed by atoms with Gasteiger partial charge >= 0.3 is 0 Å². The van der Waals surface area contributed by atoms with E-state index in [0.29, 0.717) is 11.6 Å². The standard InChI is InChI=1S/C28H15F7/c1-12-3-7-14(8-4-12)18-16-11-17(29)23(30)24(31)20(16)22-21(25(32)27(34)28(35)26(22)33)19(18)15-9-5-13(2)6-10-15/h3-11H,1-2H3. The van der Waals surface area contributed by atoms with Crippen LogP contribution < -0.4 is 0 Å². The number of hydrogen-bond donors (Lipinski definition) is 0. The molecule has 7 heteroatoms. The van der Waals surface area contributed by atoms with Crippen LogP contribution in [0.2, 0.25) is 0 Å². The molecule has 0 atom stereocenters. The largest absolute Gasteiger partial charge is 0.204 e. The van der Waals surface area contributed by atoms with Gasteiger partial charge in [-0.1, -0.05) is 59.7 Å². The van der Waals surface area contributed by atoms with E-state index in [-0.39, 0.29) is 22.1 Å². The molecule has 0 unspecified atom stereocenters. The number of halogens is 7. The van der Waals surface area contributed by atoms with Gasteiger partial charge in [-0.25, -0.2) is 30.7 Å². The fraction of sp³-hybridized carbons (Fsp3) is 0.0714. The van der Waals surface area contributed by atoms with Crippen molar-refractivity contribution in [3.63, 3.8) is 0 Å². The van der Waals surface area contributed by atoms with Crippen molar-refractivity contribution in [1.29, 1.82) is 0 Å². The average molecular weight is 484 g/mol. The van der Waals surface area contributed by atoms with Gasteiger partial charge in [0.25, 0.3) is 0 Å². The van der Waals surface area contributed by atoms with E-state index in [0.717, 1.165) is 11.1 Å². The second-order valence-corrected chi connectivity index (χ2v) is 8.40. The average Bonchev–Trinajstić information content (AvgIpc) is 2.84. The van der Waals surface area contributed by atoms with Crippen molar-refractivity contribution in [3.05, 3.63) is 106 Å². The molecule has 0 fully saturated rings. The van der Waals surface area contributed by atoms with Gasteiger partial charge in [-0.05, 0) is 42.0 Å². The van der Waals surface area contributed by atoms with E-state index >= 15 is 13.2 Å². The summed E-state index contributed by atoms with van der Waals surface area (Å²) < 4.78 is 103. The highest BCUT2D eigenvalue weighted by molar-refractivity contribution is 6.22. The van der Waals surface area contributed by atoms with Crippen molar-refractivity contribution in [2.75, 3.05) is 0 Å². The zero-order chi connectivity index (χ0) is 25.2. The van der Waals surface area contributed by atoms with Gasteiger partial charge in [0.1, 0.15) is 0 Å². The van der Waals surface area contributed by atoms with Crippen LogP contribution in [-0.4, -0.2) is 0 Å². The molecule has 0 saturated heterocycles. The second-order valence-electron chi connectivity index (χ2n) is 8.40. The van der Waals surface area contributed by atoms with Gasteiger partial charge in [0.05, 0.1) is 0 Å². The summed E-state index contributed by atoms with van der Waals surface area (Å²) in [6.45, 7) is 3.58. The zero-order valence-electron chi connectivity index (χ0n) is 18.3. The maximum absolute atomic E-state index is 15.4. The summed E-state index contributed by atoms with van der Waals surface area (Å²) >= 11 is 0. The lowest BCUT2D eigenvalue weighted by Crippen LogP contribution is -2.04. The molecule has 5 aromatic rings. The van der Waals surface area contributed by atoms with Crippen molar-refractivity contribution in [2.24, 2.45) is 0 Å². The molecular formula is C28H15F7. The van der Waals surface area contributed by atoms with Gasteiger partial charge in [0.15, 0.2) is 40.7 Å². The maximum Gasteiger partial charge on any atom is 0.198 e. The van der Waals surface area contributed by atoms with Crippen LogP contribution in [0.15, 0.2) is 54.6 Å². The first-order valence-electron chi connectivity index (χ1n) is 10.5. The molecule has 35 heavy (non-hydrogen) atoms. The first kappa shape index (κ1) is 22.9. The van der Waals surface area contributed by atoms with Gasteiger partial charge < -0.3 is 0 Å². The third-order valence-corrected chi connectivity index (χ3v) is 6.13. The Hall–Kier alpha value is -3.87. The molecule has 0 aliphatic carbocycles. The molecule has 5 rings (SSSR count). The van der Waals surface area contributed by atoms with Crippen LogP contribution in [0.1, 0.15) is 11.1 Å². The van der Waals surface area contributed by atoms with E-state index in [1.807, 2.05) is 0 Å². The number of rotatable bonds is 2. The molecule has 0 heterocycles. The molecule has 0 bridgehead atoms. The number of fused-ring (bicyclic) bond motifs is 3. The highest BCUT2D eigenvalue weighted by Crippen LogP contribution is 2.48. The number of aryl methyl sites for hydroxylation is 2. The summed E-state index contributed by atoms with van der Waals surface area (Å²) in [5.41, 5.74) is 2.14. The SMILES string of the molecule is Cc1ccc(-c2c(-c3ccc(C)cc3)c3c(F)c(F)c(F)c(F)c3c3c(F)c(F)c(F)cc23)cc1. The van der Waals surface area contributed by atoms with E-state index in [4.69, 9.17) is 0 Å². The molecule has 0 aliphatic heterocycles. The van der Waals surface area contributed by atoms with Gasteiger partial charge in [0, 0.05) is 21.7 Å². The number of benzene rings is 5. The van der Waals surface area contributed by atoms with Crippen molar-refractivity contribution >= 4 is 21.5 Å². The van der Waals surface area contributed by atoms with E-state index in [1.165, 1.54) is 0 Å². The van der Waals surface area contributed by atoms with Crippen molar-refractivity contribution in [2.45, 2.75) is 13.8 Å². The Bertz CT molecular complexity index is 1650. The van der Waals surface area contributed by atoms with E-state index in [9.17, 15) is 17.6 Å². The smallest absolute Gasteiger partial charge is 0.198 e. The molecule has 0 aromatic heterocycles. The molecule has 5 aromatic carbocycles. The predicted octanol–water partition coefficient (Wildman–Crippen LogP) is 8.92. The molecule has 0 nitrogen and oxygen atoms in total. The van der Waals surface area contributed by atoms with Crippen LogP contribution in [0.25, 0.3) is 43.8 Å². The minimum atomic E-state index is -2.18. The van der Waals surface area contributed by atoms with Crippen LogP contribution in [0.4, 0.5) is 30.7 Å². The lowest BCUT2D eigenvalue weighted by atomic mass is 9.84. The summed E-state index contributed by atoms with van der Waals surface area (Å²) in [6.07, 6.45) is 0. The predicted molar refractivity (Wildman–Crippen MR) is 122 cm³/mol. The van der Waals surface area contributed by atoms with Gasteiger partial charge in [-0.15, -0.1) is 0 Å². The first-order chi connectivity index (χ1) is 16.6. The Morgan fingerprint density at radius 3 is 1.37 bits per heavy atom. The van der Waals surface area contributed by atoms with Gasteiger partial charge in [-0.3, -0.25) is 0 Å². The molecule has 0 saturated carbocycles. The Balaban J connectivity index is 2.18. The molecule has 0 radical (unpaired) electrons. The van der Waals surface area contributed by atoms with Crippen molar-refractivity contribution in [1.82, 2.24) is 0 Å². The fourth-order valence-corrected chi connectivity index (χ4v) is 4.43. The fourth-order valence-electron chi connectivity index (χ4n) is 4.43. The van der Waals surface area contributed by atoms with E-state index < -0.39 is 56.9 Å². The zero-order valence-corrected chi connectivity index (χ0v) is 18.3. The Morgan fingerprint density at radius 1 is 0.429 bits per heavy atom. The van der Waals surface area contributed by atoms with Crippen molar-refractivity contribution < 1.29 is 30.7 Å². The lowest BCUT2D eigenvalue weighted by Gasteiger charge is -2.20.